The number of fused-ring (bicyclic) bond motifs is 1. The van der Waals surface area contributed by atoms with Crippen LogP contribution < -0.4 is 15.4 Å². The fourth-order valence-electron chi connectivity index (χ4n) is 5.29. The first-order valence-corrected chi connectivity index (χ1v) is 18.2. The Morgan fingerprint density at radius 1 is 0.913 bits per heavy atom. The third kappa shape index (κ3) is 8.28. The molecule has 0 radical (unpaired) electrons. The summed E-state index contributed by atoms with van der Waals surface area (Å²) < 4.78 is 9.79. The van der Waals surface area contributed by atoms with Gasteiger partial charge in [0.05, 0.1) is 21.7 Å². The Bertz CT molecular complexity index is 1820. The third-order valence-corrected chi connectivity index (χ3v) is 10.9. The lowest BCUT2D eigenvalue weighted by Crippen LogP contribution is -2.37. The number of aryl methyl sites for hydroxylation is 2. The molecule has 238 valence electrons. The van der Waals surface area contributed by atoms with Gasteiger partial charge in [0, 0.05) is 17.4 Å². The van der Waals surface area contributed by atoms with E-state index in [1.165, 1.54) is 59.7 Å². The maximum Gasteiger partial charge on any atom is 0.234 e. The van der Waals surface area contributed by atoms with E-state index in [9.17, 15) is 9.59 Å². The first-order chi connectivity index (χ1) is 22.4. The van der Waals surface area contributed by atoms with E-state index < -0.39 is 0 Å². The van der Waals surface area contributed by atoms with E-state index in [4.69, 9.17) is 4.74 Å². The van der Waals surface area contributed by atoms with Crippen molar-refractivity contribution in [2.24, 2.45) is 0 Å². The van der Waals surface area contributed by atoms with Crippen LogP contribution in [0.1, 0.15) is 49.1 Å². The lowest BCUT2D eigenvalue weighted by atomic mass is 9.95. The zero-order chi connectivity index (χ0) is 31.9. The van der Waals surface area contributed by atoms with Crippen molar-refractivity contribution in [1.82, 2.24) is 25.1 Å². The topological polar surface area (TPSA) is 111 Å². The van der Waals surface area contributed by atoms with E-state index in [1.54, 1.807) is 0 Å². The van der Waals surface area contributed by atoms with Crippen molar-refractivity contribution in [1.29, 1.82) is 0 Å². The van der Waals surface area contributed by atoms with Gasteiger partial charge in [0.2, 0.25) is 11.8 Å². The smallest absolute Gasteiger partial charge is 0.234 e. The van der Waals surface area contributed by atoms with Gasteiger partial charge in [0.25, 0.3) is 0 Å². The fourth-order valence-corrected chi connectivity index (χ4v) is 7.98. The number of nitrogens with zero attached hydrogens (tertiary/aromatic N) is 4. The minimum atomic E-state index is -0.154. The molecule has 0 saturated heterocycles. The van der Waals surface area contributed by atoms with Crippen molar-refractivity contribution in [3.63, 3.8) is 0 Å². The van der Waals surface area contributed by atoms with Gasteiger partial charge < -0.3 is 15.4 Å². The molecule has 46 heavy (non-hydrogen) atoms. The van der Waals surface area contributed by atoms with Crippen LogP contribution >= 0.6 is 34.9 Å². The lowest BCUT2D eigenvalue weighted by molar-refractivity contribution is -0.119. The number of rotatable bonds is 12. The average molecular weight is 673 g/mol. The minimum absolute atomic E-state index is 0.0608. The Morgan fingerprint density at radius 2 is 1.72 bits per heavy atom. The van der Waals surface area contributed by atoms with E-state index in [0.29, 0.717) is 28.5 Å². The van der Waals surface area contributed by atoms with Gasteiger partial charge in [-0.2, -0.15) is 0 Å². The Kier molecular flexibility index (Phi) is 10.6. The number of nitrogens with one attached hydrogen (secondary N) is 2. The molecule has 2 amide bonds. The first kappa shape index (κ1) is 32.1. The van der Waals surface area contributed by atoms with Crippen LogP contribution in [0.15, 0.2) is 76.2 Å². The maximum atomic E-state index is 13.0. The van der Waals surface area contributed by atoms with Gasteiger partial charge in [-0.15, -0.1) is 21.5 Å². The number of ether oxygens (including phenoxy) is 1. The molecule has 0 bridgehead atoms. The van der Waals surface area contributed by atoms with E-state index in [0.717, 1.165) is 44.4 Å². The van der Waals surface area contributed by atoms with Crippen LogP contribution in [0.4, 0.5) is 5.69 Å². The van der Waals surface area contributed by atoms with Gasteiger partial charge >= 0.3 is 0 Å². The number of anilines is 1. The third-order valence-electron chi connectivity index (χ3n) is 7.84. The summed E-state index contributed by atoms with van der Waals surface area (Å²) in [5, 5.41) is 15.6. The number of hydrogen-bond acceptors (Lipinski definition) is 9. The summed E-state index contributed by atoms with van der Waals surface area (Å²) in [5.74, 6) is 1.82. The number of hydrogen-bond donors (Lipinski definition) is 2. The highest BCUT2D eigenvalue weighted by Gasteiger charge is 2.18. The first-order valence-electron chi connectivity index (χ1n) is 15.4. The number of amides is 2. The average Bonchev–Trinajstić information content (AvgIpc) is 3.67. The van der Waals surface area contributed by atoms with Crippen molar-refractivity contribution < 1.29 is 14.3 Å². The zero-order valence-electron chi connectivity index (χ0n) is 25.8. The van der Waals surface area contributed by atoms with Gasteiger partial charge in [-0.05, 0) is 80.3 Å². The van der Waals surface area contributed by atoms with Crippen LogP contribution in [-0.4, -0.2) is 49.1 Å². The number of carbonyl (C=O) groups is 2. The lowest BCUT2D eigenvalue weighted by Gasteiger charge is -2.22. The highest BCUT2D eigenvalue weighted by Crippen LogP contribution is 2.32. The molecule has 1 saturated carbocycles. The molecule has 5 aromatic rings. The molecule has 2 heterocycles. The highest BCUT2D eigenvalue weighted by atomic mass is 32.2. The fraction of sp³-hybridized carbons (Fsp3) is 0.324. The van der Waals surface area contributed by atoms with Crippen LogP contribution in [0, 0.1) is 13.8 Å². The summed E-state index contributed by atoms with van der Waals surface area (Å²) in [6, 6.07) is 21.8. The quantitative estimate of drug-likeness (QED) is 0.133. The summed E-state index contributed by atoms with van der Waals surface area (Å²) >= 11 is 4.30. The monoisotopic (exact) mass is 672 g/mol. The molecule has 12 heteroatoms. The Hall–Kier alpha value is -3.87. The van der Waals surface area contributed by atoms with Crippen molar-refractivity contribution in [2.75, 3.05) is 16.8 Å². The molecule has 2 N–H and O–H groups in total. The molecule has 0 atom stereocenters. The summed E-state index contributed by atoms with van der Waals surface area (Å²) in [6.45, 7) is 4.36. The van der Waals surface area contributed by atoms with Crippen LogP contribution in [0.25, 0.3) is 15.9 Å². The zero-order valence-corrected chi connectivity index (χ0v) is 28.3. The second-order valence-corrected chi connectivity index (χ2v) is 14.5. The van der Waals surface area contributed by atoms with Crippen molar-refractivity contribution in [3.8, 4) is 11.4 Å². The highest BCUT2D eigenvalue weighted by molar-refractivity contribution is 8.01. The number of carbonyl (C=O) groups excluding carboxylic acids is 2. The van der Waals surface area contributed by atoms with Crippen LogP contribution in [0.3, 0.4) is 0 Å². The molecule has 6 rings (SSSR count). The maximum absolute atomic E-state index is 13.0. The minimum Gasteiger partial charge on any atom is -0.486 e. The van der Waals surface area contributed by atoms with Gasteiger partial charge in [0.15, 0.2) is 15.3 Å². The molecule has 9 nitrogen and oxygen atoms in total. The summed E-state index contributed by atoms with van der Waals surface area (Å²) in [7, 11) is 0. The Morgan fingerprint density at radius 3 is 2.52 bits per heavy atom. The molecule has 0 unspecified atom stereocenters. The van der Waals surface area contributed by atoms with Crippen molar-refractivity contribution >= 4 is 62.6 Å². The van der Waals surface area contributed by atoms with Crippen LogP contribution in [-0.2, 0) is 16.2 Å². The SMILES string of the molecule is Cc1ccc(OCc2nnc(SCC(=O)Nc3ccc4nc(SCC(=O)NC5CCCCC5)sc4c3)n2-c2ccccc2)cc1C. The standard InChI is InChI=1S/C34H36N6O3S3/c1-22-13-15-27(17-23(22)2)43-19-30-38-39-33(40(30)26-11-7-4-8-12-26)44-20-31(41)36-25-14-16-28-29(18-25)46-34(37-28)45-21-32(42)35-24-9-5-3-6-10-24/h4,7-8,11-18,24H,3,5-6,9-10,19-21H2,1-2H3,(H,35,42)(H,36,41). The van der Waals surface area contributed by atoms with Gasteiger partial charge in [0.1, 0.15) is 12.4 Å². The molecular weight excluding hydrogens is 637 g/mol. The second-order valence-electron chi connectivity index (χ2n) is 11.3. The van der Waals surface area contributed by atoms with E-state index in [1.807, 2.05) is 71.3 Å². The van der Waals surface area contributed by atoms with Crippen molar-refractivity contribution in [2.45, 2.75) is 68.1 Å². The van der Waals surface area contributed by atoms with E-state index >= 15 is 0 Å². The van der Waals surface area contributed by atoms with Crippen molar-refractivity contribution in [3.05, 3.63) is 83.7 Å². The summed E-state index contributed by atoms with van der Waals surface area (Å²) in [5.41, 5.74) is 4.80. The van der Waals surface area contributed by atoms with E-state index in [-0.39, 0.29) is 24.2 Å². The van der Waals surface area contributed by atoms with E-state index in [2.05, 4.69) is 39.7 Å². The number of aromatic nitrogens is 4. The molecule has 0 aliphatic heterocycles. The Balaban J connectivity index is 1.06. The van der Waals surface area contributed by atoms with Gasteiger partial charge in [-0.25, -0.2) is 4.98 Å². The second kappa shape index (κ2) is 15.1. The van der Waals surface area contributed by atoms with Gasteiger partial charge in [-0.3, -0.25) is 14.2 Å². The number of benzene rings is 3. The predicted molar refractivity (Wildman–Crippen MR) is 186 cm³/mol. The summed E-state index contributed by atoms with van der Waals surface area (Å²) in [4.78, 5) is 30.1. The predicted octanol–water partition coefficient (Wildman–Crippen LogP) is 7.34. The normalized spacial score (nSPS) is 13.5. The molecule has 1 aliphatic rings. The number of thiazole rings is 1. The molecule has 2 aromatic heterocycles. The molecule has 1 aliphatic carbocycles. The van der Waals surface area contributed by atoms with Crippen LogP contribution in [0.5, 0.6) is 5.75 Å². The Labute approximate surface area is 280 Å². The molecule has 1 fully saturated rings. The molecule has 0 spiro atoms. The van der Waals surface area contributed by atoms with Gasteiger partial charge in [-0.1, -0.05) is 67.1 Å². The molecule has 3 aromatic carbocycles. The molecular formula is C34H36N6O3S3. The number of para-hydroxylation sites is 1. The largest absolute Gasteiger partial charge is 0.486 e. The van der Waals surface area contributed by atoms with Crippen LogP contribution in [0.2, 0.25) is 0 Å². The summed E-state index contributed by atoms with van der Waals surface area (Å²) in [6.07, 6.45) is 5.78. The number of thioether (sulfide) groups is 2.